The van der Waals surface area contributed by atoms with E-state index in [1.165, 1.54) is 12.3 Å². The van der Waals surface area contributed by atoms with Gasteiger partial charge in [-0.15, -0.1) is 0 Å². The second-order valence-corrected chi connectivity index (χ2v) is 7.24. The van der Waals surface area contributed by atoms with E-state index in [2.05, 4.69) is 14.4 Å². The first-order valence-electron chi connectivity index (χ1n) is 6.95. The number of amides is 1. The highest BCUT2D eigenvalue weighted by atomic mass is 32.2. The number of hydrogen-bond donors (Lipinski definition) is 1. The Hall–Kier alpha value is -2.15. The average Bonchev–Trinajstić information content (AvgIpc) is 3.09. The van der Waals surface area contributed by atoms with Crippen LogP contribution in [-0.4, -0.2) is 19.5 Å². The van der Waals surface area contributed by atoms with Gasteiger partial charge in [0.15, 0.2) is 0 Å². The largest absolute Gasteiger partial charge is 0.364 e. The van der Waals surface area contributed by atoms with Crippen LogP contribution in [-0.2, 0) is 20.6 Å². The van der Waals surface area contributed by atoms with Gasteiger partial charge in [-0.3, -0.25) is 9.52 Å². The molecule has 0 saturated heterocycles. The van der Waals surface area contributed by atoms with Crippen molar-refractivity contribution >= 4 is 15.9 Å². The Bertz CT molecular complexity index is 784. The summed E-state index contributed by atoms with van der Waals surface area (Å²) in [5, 5.41) is 3.54. The predicted molar refractivity (Wildman–Crippen MR) is 79.3 cm³/mol. The summed E-state index contributed by atoms with van der Waals surface area (Å²) < 4.78 is 30.6. The molecule has 2 atom stereocenters. The minimum atomic E-state index is -3.75. The Kier molecular flexibility index (Phi) is 3.74. The summed E-state index contributed by atoms with van der Waals surface area (Å²) in [6.07, 6.45) is 1.97. The van der Waals surface area contributed by atoms with E-state index in [1.54, 1.807) is 0 Å². The van der Waals surface area contributed by atoms with Crippen LogP contribution in [0.3, 0.4) is 0 Å². The molecular weight excluding hydrogens is 304 g/mol. The summed E-state index contributed by atoms with van der Waals surface area (Å²) in [5.41, 5.74) is 2.50. The van der Waals surface area contributed by atoms with Crippen LogP contribution in [0.25, 0.3) is 0 Å². The number of carbonyl (C=O) groups is 1. The Balaban J connectivity index is 1.63. The van der Waals surface area contributed by atoms with Crippen LogP contribution < -0.4 is 4.72 Å². The van der Waals surface area contributed by atoms with Gasteiger partial charge in [-0.05, 0) is 30.4 Å². The lowest BCUT2D eigenvalue weighted by Gasteiger charge is -2.06. The third kappa shape index (κ3) is 3.19. The Morgan fingerprint density at radius 1 is 1.36 bits per heavy atom. The number of nitrogens with one attached hydrogen (secondary N) is 1. The Morgan fingerprint density at radius 2 is 2.14 bits per heavy atom. The highest BCUT2D eigenvalue weighted by Gasteiger charge is 2.45. The standard InChI is InChI=1S/C15H16N2O4S/c1-10-4-2-3-5-12(10)13-8-14(13)15(18)17-22(19,20)9-11-6-7-21-16-11/h2-7,13-14H,8-9H2,1H3,(H,17,18)/t13-,14+/m0/s1. The second-order valence-electron chi connectivity index (χ2n) is 5.52. The predicted octanol–water partition coefficient (Wildman–Crippen LogP) is 1.73. The molecule has 1 saturated carbocycles. The van der Waals surface area contributed by atoms with E-state index in [1.807, 2.05) is 31.2 Å². The van der Waals surface area contributed by atoms with Crippen LogP contribution >= 0.6 is 0 Å². The molecule has 1 aromatic heterocycles. The highest BCUT2D eigenvalue weighted by Crippen LogP contribution is 2.48. The van der Waals surface area contributed by atoms with Crippen molar-refractivity contribution in [2.75, 3.05) is 0 Å². The molecule has 0 bridgehead atoms. The molecule has 0 spiro atoms. The van der Waals surface area contributed by atoms with Gasteiger partial charge in [0, 0.05) is 12.0 Å². The zero-order valence-electron chi connectivity index (χ0n) is 12.0. The molecule has 1 N–H and O–H groups in total. The fourth-order valence-electron chi connectivity index (χ4n) is 2.60. The van der Waals surface area contributed by atoms with Gasteiger partial charge >= 0.3 is 0 Å². The number of benzene rings is 1. The lowest BCUT2D eigenvalue weighted by atomic mass is 10.0. The number of rotatable bonds is 5. The quantitative estimate of drug-likeness (QED) is 0.906. The van der Waals surface area contributed by atoms with Crippen molar-refractivity contribution in [1.29, 1.82) is 0 Å². The minimum Gasteiger partial charge on any atom is -0.364 e. The molecule has 0 unspecified atom stereocenters. The van der Waals surface area contributed by atoms with Gasteiger partial charge in [0.1, 0.15) is 17.7 Å². The van der Waals surface area contributed by atoms with Crippen LogP contribution in [0.4, 0.5) is 0 Å². The third-order valence-electron chi connectivity index (χ3n) is 3.80. The average molecular weight is 320 g/mol. The van der Waals surface area contributed by atoms with Crippen molar-refractivity contribution in [1.82, 2.24) is 9.88 Å². The molecule has 7 heteroatoms. The number of sulfonamides is 1. The van der Waals surface area contributed by atoms with Gasteiger partial charge in [0.05, 0.1) is 0 Å². The van der Waals surface area contributed by atoms with E-state index < -0.39 is 15.9 Å². The summed E-state index contributed by atoms with van der Waals surface area (Å²) in [6.45, 7) is 1.99. The molecule has 116 valence electrons. The van der Waals surface area contributed by atoms with Crippen LogP contribution in [0.5, 0.6) is 0 Å². The first-order chi connectivity index (χ1) is 10.5. The Labute approximate surface area is 128 Å². The van der Waals surface area contributed by atoms with Crippen LogP contribution in [0.1, 0.15) is 29.2 Å². The molecule has 1 amide bonds. The summed E-state index contributed by atoms with van der Waals surface area (Å²) in [5.74, 6) is -0.995. The zero-order chi connectivity index (χ0) is 15.7. The van der Waals surface area contributed by atoms with E-state index in [9.17, 15) is 13.2 Å². The van der Waals surface area contributed by atoms with Crippen LogP contribution in [0.2, 0.25) is 0 Å². The molecule has 0 radical (unpaired) electrons. The molecule has 3 rings (SSSR count). The van der Waals surface area contributed by atoms with Crippen molar-refractivity contribution in [3.63, 3.8) is 0 Å². The van der Waals surface area contributed by atoms with E-state index in [0.29, 0.717) is 6.42 Å². The molecule has 1 aromatic carbocycles. The zero-order valence-corrected chi connectivity index (χ0v) is 12.8. The molecule has 1 aliphatic carbocycles. The molecular formula is C15H16N2O4S. The van der Waals surface area contributed by atoms with Gasteiger partial charge in [-0.1, -0.05) is 29.4 Å². The lowest BCUT2D eigenvalue weighted by Crippen LogP contribution is -2.33. The Morgan fingerprint density at radius 3 is 2.82 bits per heavy atom. The van der Waals surface area contributed by atoms with E-state index in [4.69, 9.17) is 0 Å². The first kappa shape index (κ1) is 14.8. The summed E-state index contributed by atoms with van der Waals surface area (Å²) in [7, 11) is -3.75. The molecule has 1 fully saturated rings. The third-order valence-corrected chi connectivity index (χ3v) is 4.99. The fourth-order valence-corrected chi connectivity index (χ4v) is 3.67. The number of nitrogens with zero attached hydrogens (tertiary/aromatic N) is 1. The maximum atomic E-state index is 12.1. The summed E-state index contributed by atoms with van der Waals surface area (Å²) in [6, 6.07) is 9.30. The smallest absolute Gasteiger partial charge is 0.240 e. The second kappa shape index (κ2) is 5.57. The first-order valence-corrected chi connectivity index (χ1v) is 8.60. The van der Waals surface area contributed by atoms with Crippen molar-refractivity contribution in [3.8, 4) is 0 Å². The molecule has 1 heterocycles. The van der Waals surface area contributed by atoms with Gasteiger partial charge in [-0.25, -0.2) is 8.42 Å². The summed E-state index contributed by atoms with van der Waals surface area (Å²) in [4.78, 5) is 12.1. The molecule has 22 heavy (non-hydrogen) atoms. The summed E-state index contributed by atoms with van der Waals surface area (Å²) >= 11 is 0. The number of carbonyl (C=O) groups excluding carboxylic acids is 1. The van der Waals surface area contributed by atoms with Crippen LogP contribution in [0, 0.1) is 12.8 Å². The fraction of sp³-hybridized carbons (Fsp3) is 0.333. The van der Waals surface area contributed by atoms with Gasteiger partial charge < -0.3 is 4.52 Å². The number of aromatic nitrogens is 1. The van der Waals surface area contributed by atoms with Crippen molar-refractivity contribution in [2.24, 2.45) is 5.92 Å². The number of hydrogen-bond acceptors (Lipinski definition) is 5. The minimum absolute atomic E-state index is 0.100. The SMILES string of the molecule is Cc1ccccc1[C@@H]1C[C@H]1C(=O)NS(=O)(=O)Cc1ccon1. The topological polar surface area (TPSA) is 89.3 Å². The monoisotopic (exact) mass is 320 g/mol. The number of aryl methyl sites for hydroxylation is 1. The van der Waals surface area contributed by atoms with E-state index in [-0.39, 0.29) is 23.3 Å². The maximum absolute atomic E-state index is 12.1. The molecule has 1 aliphatic rings. The molecule has 2 aromatic rings. The van der Waals surface area contributed by atoms with Gasteiger partial charge in [0.25, 0.3) is 0 Å². The van der Waals surface area contributed by atoms with Crippen molar-refractivity contribution < 1.29 is 17.7 Å². The van der Waals surface area contributed by atoms with Gasteiger partial charge in [-0.2, -0.15) is 0 Å². The highest BCUT2D eigenvalue weighted by molar-refractivity contribution is 7.89. The molecule has 6 nitrogen and oxygen atoms in total. The van der Waals surface area contributed by atoms with Crippen molar-refractivity contribution in [2.45, 2.75) is 25.0 Å². The van der Waals surface area contributed by atoms with Crippen molar-refractivity contribution in [3.05, 3.63) is 53.4 Å². The lowest BCUT2D eigenvalue weighted by molar-refractivity contribution is -0.120. The van der Waals surface area contributed by atoms with Gasteiger partial charge in [0.2, 0.25) is 15.9 Å². The normalized spacial score (nSPS) is 20.6. The molecule has 0 aliphatic heterocycles. The van der Waals surface area contributed by atoms with E-state index >= 15 is 0 Å². The van der Waals surface area contributed by atoms with Crippen LogP contribution in [0.15, 0.2) is 41.1 Å². The van der Waals surface area contributed by atoms with E-state index in [0.717, 1.165) is 11.1 Å². The maximum Gasteiger partial charge on any atom is 0.240 e.